The van der Waals surface area contributed by atoms with Crippen LogP contribution in [-0.2, 0) is 0 Å². The molecule has 0 spiro atoms. The number of nitrogens with zero attached hydrogens (tertiary/aromatic N) is 4. The predicted molar refractivity (Wildman–Crippen MR) is 102 cm³/mol. The van der Waals surface area contributed by atoms with Gasteiger partial charge < -0.3 is 14.9 Å². The molecule has 1 aromatic rings. The zero-order valence-electron chi connectivity index (χ0n) is 16.1. The van der Waals surface area contributed by atoms with E-state index in [2.05, 4.69) is 32.9 Å². The first-order chi connectivity index (χ1) is 12.0. The molecule has 1 aliphatic carbocycles. The maximum atomic E-state index is 10.4. The number of aryl methyl sites for hydroxylation is 2. The molecule has 25 heavy (non-hydrogen) atoms. The van der Waals surface area contributed by atoms with Gasteiger partial charge in [-0.3, -0.25) is 0 Å². The van der Waals surface area contributed by atoms with Gasteiger partial charge in [0.15, 0.2) is 0 Å². The summed E-state index contributed by atoms with van der Waals surface area (Å²) in [6.07, 6.45) is 8.43. The van der Waals surface area contributed by atoms with Gasteiger partial charge in [0.25, 0.3) is 0 Å². The van der Waals surface area contributed by atoms with Crippen molar-refractivity contribution < 1.29 is 5.11 Å². The van der Waals surface area contributed by atoms with Crippen LogP contribution >= 0.6 is 0 Å². The summed E-state index contributed by atoms with van der Waals surface area (Å²) in [6, 6.07) is 2.65. The Morgan fingerprint density at radius 3 is 2.48 bits per heavy atom. The first kappa shape index (κ1) is 18.6. The molecule has 140 valence electrons. The Bertz CT molecular complexity index is 530. The van der Waals surface area contributed by atoms with Gasteiger partial charge in [-0.25, -0.2) is 9.97 Å². The molecule has 0 unspecified atom stereocenters. The maximum absolute atomic E-state index is 10.4. The molecule has 2 fully saturated rings. The van der Waals surface area contributed by atoms with E-state index in [0.29, 0.717) is 6.04 Å². The van der Waals surface area contributed by atoms with E-state index in [0.717, 1.165) is 62.2 Å². The number of aromatic nitrogens is 2. The Balaban J connectivity index is 1.46. The standard InChI is InChI=1S/C20H34N4O/c1-15-12-20(22-16(2)21-15)24-10-8-18(9-11-24)23(3)14-19(25)13-17-6-4-5-7-17/h12,17-19,25H,4-11,13-14H2,1-3H3/t19-/m1/s1. The number of aliphatic hydroxyl groups is 1. The van der Waals surface area contributed by atoms with Crippen LogP contribution < -0.4 is 4.90 Å². The number of hydrogen-bond acceptors (Lipinski definition) is 5. The molecule has 1 N–H and O–H groups in total. The largest absolute Gasteiger partial charge is 0.392 e. The van der Waals surface area contributed by atoms with Gasteiger partial charge >= 0.3 is 0 Å². The Morgan fingerprint density at radius 1 is 1.16 bits per heavy atom. The zero-order valence-corrected chi connectivity index (χ0v) is 16.1. The molecular weight excluding hydrogens is 312 g/mol. The zero-order chi connectivity index (χ0) is 17.8. The highest BCUT2D eigenvalue weighted by atomic mass is 16.3. The maximum Gasteiger partial charge on any atom is 0.132 e. The van der Waals surface area contributed by atoms with Crippen molar-refractivity contribution in [3.05, 3.63) is 17.6 Å². The van der Waals surface area contributed by atoms with E-state index in [1.54, 1.807) is 0 Å². The van der Waals surface area contributed by atoms with Crippen LogP contribution in [0.25, 0.3) is 0 Å². The molecule has 1 saturated heterocycles. The van der Waals surface area contributed by atoms with Crippen LogP contribution in [0.2, 0.25) is 0 Å². The van der Waals surface area contributed by atoms with Crippen LogP contribution in [0.4, 0.5) is 5.82 Å². The third-order valence-corrected chi connectivity index (χ3v) is 5.94. The molecule has 1 atom stereocenters. The summed E-state index contributed by atoms with van der Waals surface area (Å²) in [5.74, 6) is 2.67. The van der Waals surface area contributed by atoms with Crippen LogP contribution in [0.5, 0.6) is 0 Å². The van der Waals surface area contributed by atoms with Gasteiger partial charge in [0.05, 0.1) is 6.10 Å². The van der Waals surface area contributed by atoms with Crippen molar-refractivity contribution in [2.45, 2.75) is 70.9 Å². The topological polar surface area (TPSA) is 52.5 Å². The van der Waals surface area contributed by atoms with E-state index < -0.39 is 0 Å². The second-order valence-corrected chi connectivity index (χ2v) is 8.11. The van der Waals surface area contributed by atoms with Crippen molar-refractivity contribution >= 4 is 5.82 Å². The molecule has 0 bridgehead atoms. The molecule has 0 aromatic carbocycles. The molecule has 2 heterocycles. The predicted octanol–water partition coefficient (Wildman–Crippen LogP) is 2.94. The van der Waals surface area contributed by atoms with E-state index in [-0.39, 0.29) is 6.10 Å². The molecular formula is C20H34N4O. The number of rotatable bonds is 6. The number of piperidine rings is 1. The fourth-order valence-corrected chi connectivity index (χ4v) is 4.58. The van der Waals surface area contributed by atoms with Gasteiger partial charge in [-0.1, -0.05) is 25.7 Å². The lowest BCUT2D eigenvalue weighted by atomic mass is 9.98. The van der Waals surface area contributed by atoms with Crippen molar-refractivity contribution in [2.75, 3.05) is 31.6 Å². The molecule has 1 aromatic heterocycles. The first-order valence-electron chi connectivity index (χ1n) is 9.97. The molecule has 5 heteroatoms. The summed E-state index contributed by atoms with van der Waals surface area (Å²) in [6.45, 7) is 6.87. The van der Waals surface area contributed by atoms with Crippen LogP contribution in [0, 0.1) is 19.8 Å². The first-order valence-corrected chi connectivity index (χ1v) is 9.97. The number of hydrogen-bond donors (Lipinski definition) is 1. The van der Waals surface area contributed by atoms with Crippen LogP contribution in [0.3, 0.4) is 0 Å². The number of likely N-dealkylation sites (N-methyl/N-ethyl adjacent to an activating group) is 1. The second-order valence-electron chi connectivity index (χ2n) is 8.11. The lowest BCUT2D eigenvalue weighted by Gasteiger charge is -2.38. The molecule has 2 aliphatic rings. The number of aliphatic hydroxyl groups excluding tert-OH is 1. The van der Waals surface area contributed by atoms with Gasteiger partial charge in [-0.2, -0.15) is 0 Å². The minimum atomic E-state index is -0.168. The smallest absolute Gasteiger partial charge is 0.132 e. The van der Waals surface area contributed by atoms with Gasteiger partial charge in [-0.05, 0) is 46.1 Å². The molecule has 5 nitrogen and oxygen atoms in total. The van der Waals surface area contributed by atoms with Crippen molar-refractivity contribution in [2.24, 2.45) is 5.92 Å². The Hall–Kier alpha value is -1.20. The van der Waals surface area contributed by atoms with Gasteiger partial charge in [0.2, 0.25) is 0 Å². The van der Waals surface area contributed by atoms with Gasteiger partial charge in [0.1, 0.15) is 11.6 Å². The minimum Gasteiger partial charge on any atom is -0.392 e. The summed E-state index contributed by atoms with van der Waals surface area (Å²) in [5.41, 5.74) is 1.04. The van der Waals surface area contributed by atoms with Gasteiger partial charge in [-0.15, -0.1) is 0 Å². The highest BCUT2D eigenvalue weighted by Gasteiger charge is 2.26. The SMILES string of the molecule is Cc1cc(N2CCC(N(C)C[C@H](O)CC3CCCC3)CC2)nc(C)n1. The van der Waals surface area contributed by atoms with Crippen molar-refractivity contribution in [1.29, 1.82) is 0 Å². The highest BCUT2D eigenvalue weighted by molar-refractivity contribution is 5.40. The van der Waals surface area contributed by atoms with Crippen LogP contribution in [-0.4, -0.2) is 58.8 Å². The summed E-state index contributed by atoms with van der Waals surface area (Å²) in [4.78, 5) is 13.7. The fraction of sp³-hybridized carbons (Fsp3) is 0.800. The number of anilines is 1. The van der Waals surface area contributed by atoms with E-state index in [4.69, 9.17) is 0 Å². The Morgan fingerprint density at radius 2 is 1.84 bits per heavy atom. The Kier molecular flexibility index (Phi) is 6.29. The second kappa shape index (κ2) is 8.45. The normalized spacial score (nSPS) is 21.2. The van der Waals surface area contributed by atoms with E-state index in [9.17, 15) is 5.11 Å². The minimum absolute atomic E-state index is 0.168. The quantitative estimate of drug-likeness (QED) is 0.858. The average Bonchev–Trinajstić information content (AvgIpc) is 3.07. The molecule has 0 radical (unpaired) electrons. The van der Waals surface area contributed by atoms with Crippen molar-refractivity contribution in [3.63, 3.8) is 0 Å². The Labute approximate surface area is 152 Å². The highest BCUT2D eigenvalue weighted by Crippen LogP contribution is 2.29. The third-order valence-electron chi connectivity index (χ3n) is 5.94. The van der Waals surface area contributed by atoms with Crippen LogP contribution in [0.15, 0.2) is 6.07 Å². The van der Waals surface area contributed by atoms with Crippen molar-refractivity contribution in [1.82, 2.24) is 14.9 Å². The summed E-state index contributed by atoms with van der Waals surface area (Å²) >= 11 is 0. The monoisotopic (exact) mass is 346 g/mol. The van der Waals surface area contributed by atoms with E-state index in [1.165, 1.54) is 25.7 Å². The molecule has 1 aliphatic heterocycles. The van der Waals surface area contributed by atoms with Crippen molar-refractivity contribution in [3.8, 4) is 0 Å². The molecule has 3 rings (SSSR count). The lowest BCUT2D eigenvalue weighted by molar-refractivity contribution is 0.0781. The van der Waals surface area contributed by atoms with Crippen LogP contribution in [0.1, 0.15) is 56.5 Å². The summed E-state index contributed by atoms with van der Waals surface area (Å²) in [5, 5.41) is 10.4. The van der Waals surface area contributed by atoms with Gasteiger partial charge in [0, 0.05) is 37.4 Å². The van der Waals surface area contributed by atoms with E-state index in [1.807, 2.05) is 13.8 Å². The lowest BCUT2D eigenvalue weighted by Crippen LogP contribution is -2.46. The molecule has 0 amide bonds. The van der Waals surface area contributed by atoms with E-state index >= 15 is 0 Å². The summed E-state index contributed by atoms with van der Waals surface area (Å²) < 4.78 is 0. The summed E-state index contributed by atoms with van der Waals surface area (Å²) in [7, 11) is 2.18. The molecule has 1 saturated carbocycles. The third kappa shape index (κ3) is 5.14. The fourth-order valence-electron chi connectivity index (χ4n) is 4.58. The average molecular weight is 347 g/mol.